The van der Waals surface area contributed by atoms with Gasteiger partial charge in [0.05, 0.1) is 18.6 Å². The van der Waals surface area contributed by atoms with Crippen molar-refractivity contribution in [2.24, 2.45) is 5.41 Å². The van der Waals surface area contributed by atoms with Crippen molar-refractivity contribution in [3.63, 3.8) is 0 Å². The summed E-state index contributed by atoms with van der Waals surface area (Å²) in [6, 6.07) is 7.11. The second kappa shape index (κ2) is 7.19. The number of nitrogens with zero attached hydrogens (tertiary/aromatic N) is 4. The maximum atomic E-state index is 13.8. The second-order valence-electron chi connectivity index (χ2n) is 8.37. The molecule has 0 N–H and O–H groups in total. The zero-order valence-corrected chi connectivity index (χ0v) is 16.9. The normalized spacial score (nSPS) is 23.3. The number of ether oxygens (including phenoxy) is 1. The molecule has 6 nitrogen and oxygen atoms in total. The van der Waals surface area contributed by atoms with E-state index in [1.807, 2.05) is 12.1 Å². The Morgan fingerprint density at radius 3 is 2.53 bits per heavy atom. The van der Waals surface area contributed by atoms with Crippen LogP contribution in [0.15, 0.2) is 36.5 Å². The summed E-state index contributed by atoms with van der Waals surface area (Å²) < 4.78 is 32.7. The van der Waals surface area contributed by atoms with Crippen LogP contribution in [0.3, 0.4) is 0 Å². The van der Waals surface area contributed by atoms with Crippen molar-refractivity contribution in [3.8, 4) is 5.88 Å². The molecule has 1 amide bonds. The maximum Gasteiger partial charge on any atom is 0.245 e. The number of methoxy groups -OCH3 is 1. The van der Waals surface area contributed by atoms with Crippen molar-refractivity contribution in [1.82, 2.24) is 15.0 Å². The summed E-state index contributed by atoms with van der Waals surface area (Å²) in [6.45, 7) is 2.93. The Hall–Kier alpha value is -2.74. The topological polar surface area (TPSA) is 48.9 Å². The highest BCUT2D eigenvalue weighted by molar-refractivity contribution is 5.85. The van der Waals surface area contributed by atoms with Gasteiger partial charge in [-0.2, -0.15) is 0 Å². The van der Waals surface area contributed by atoms with E-state index in [0.717, 1.165) is 44.2 Å². The molecule has 0 unspecified atom stereocenters. The predicted octanol–water partition coefficient (Wildman–Crippen LogP) is 3.16. The van der Waals surface area contributed by atoms with Gasteiger partial charge in [0.2, 0.25) is 11.8 Å². The Morgan fingerprint density at radius 1 is 1.10 bits per heavy atom. The van der Waals surface area contributed by atoms with Gasteiger partial charge in [-0.15, -0.1) is 0 Å². The van der Waals surface area contributed by atoms with Crippen molar-refractivity contribution in [3.05, 3.63) is 53.7 Å². The maximum absolute atomic E-state index is 13.8. The zero-order valence-electron chi connectivity index (χ0n) is 16.9. The fraction of sp³-hybridized carbons (Fsp3) is 0.455. The zero-order chi connectivity index (χ0) is 20.9. The number of carbonyl (C=O) groups is 1. The highest BCUT2D eigenvalue weighted by Crippen LogP contribution is 2.47. The first-order valence-corrected chi connectivity index (χ1v) is 10.3. The number of fused-ring (bicyclic) bond motifs is 1. The van der Waals surface area contributed by atoms with Crippen molar-refractivity contribution in [2.75, 3.05) is 38.2 Å². The lowest BCUT2D eigenvalue weighted by atomic mass is 9.77. The van der Waals surface area contributed by atoms with Crippen molar-refractivity contribution < 1.29 is 18.3 Å². The van der Waals surface area contributed by atoms with E-state index in [2.05, 4.69) is 14.9 Å². The average molecular weight is 414 g/mol. The third kappa shape index (κ3) is 3.10. The summed E-state index contributed by atoms with van der Waals surface area (Å²) in [7, 11) is 1.59. The standard InChI is InChI=1S/C22H24F2N4O2/c1-30-20-13-18(2-6-25-20)26-8-4-22(5-9-26)14-27-7-3-19(28(27)21(22)29)15-10-16(23)12-17(24)11-15/h2,6,10-13,19H,3-5,7-9,14H2,1H3/t19-/m0/s1. The minimum Gasteiger partial charge on any atom is -0.481 e. The van der Waals surface area contributed by atoms with Crippen LogP contribution in [-0.2, 0) is 4.79 Å². The lowest BCUT2D eigenvalue weighted by Gasteiger charge is -2.39. The number of carbonyl (C=O) groups excluding carboxylic acids is 1. The molecule has 3 aliphatic heterocycles. The summed E-state index contributed by atoms with van der Waals surface area (Å²) in [5.41, 5.74) is 1.14. The minimum absolute atomic E-state index is 0.0848. The van der Waals surface area contributed by atoms with Crippen LogP contribution in [0.4, 0.5) is 14.5 Å². The third-order valence-corrected chi connectivity index (χ3v) is 6.69. The molecule has 3 saturated heterocycles. The number of halogens is 2. The van der Waals surface area contributed by atoms with Gasteiger partial charge in [0.1, 0.15) is 11.6 Å². The van der Waals surface area contributed by atoms with Crippen LogP contribution < -0.4 is 9.64 Å². The molecule has 0 saturated carbocycles. The largest absolute Gasteiger partial charge is 0.481 e. The first kappa shape index (κ1) is 19.2. The highest BCUT2D eigenvalue weighted by Gasteiger charge is 2.56. The summed E-state index contributed by atoms with van der Waals surface area (Å²) >= 11 is 0. The Kier molecular flexibility index (Phi) is 4.61. The Balaban J connectivity index is 1.33. The summed E-state index contributed by atoms with van der Waals surface area (Å²) in [5, 5.41) is 3.83. The summed E-state index contributed by atoms with van der Waals surface area (Å²) in [5.74, 6) is -0.555. The van der Waals surface area contributed by atoms with Gasteiger partial charge in [0.25, 0.3) is 0 Å². The molecule has 0 radical (unpaired) electrons. The van der Waals surface area contributed by atoms with Gasteiger partial charge in [-0.05, 0) is 43.0 Å². The number of rotatable bonds is 3. The van der Waals surface area contributed by atoms with Crippen molar-refractivity contribution in [1.29, 1.82) is 0 Å². The quantitative estimate of drug-likeness (QED) is 0.772. The number of hydrogen-bond donors (Lipinski definition) is 0. The molecule has 0 bridgehead atoms. The molecule has 4 heterocycles. The SMILES string of the molecule is COc1cc(N2CCC3(CC2)CN2CC[C@@H](c4cc(F)cc(F)c4)N2C3=O)ccn1. The lowest BCUT2D eigenvalue weighted by molar-refractivity contribution is -0.143. The van der Waals surface area contributed by atoms with Crippen molar-refractivity contribution >= 4 is 11.6 Å². The van der Waals surface area contributed by atoms with E-state index in [0.29, 0.717) is 24.4 Å². The molecule has 1 spiro atoms. The van der Waals surface area contributed by atoms with Gasteiger partial charge in [0, 0.05) is 50.2 Å². The van der Waals surface area contributed by atoms with Crippen LogP contribution in [0.2, 0.25) is 0 Å². The van der Waals surface area contributed by atoms with Crippen LogP contribution in [-0.4, -0.2) is 54.2 Å². The van der Waals surface area contributed by atoms with E-state index in [4.69, 9.17) is 4.74 Å². The van der Waals surface area contributed by atoms with Crippen molar-refractivity contribution in [2.45, 2.75) is 25.3 Å². The molecule has 1 aromatic heterocycles. The average Bonchev–Trinajstić information content (AvgIpc) is 3.26. The third-order valence-electron chi connectivity index (χ3n) is 6.69. The molecule has 5 rings (SSSR count). The number of piperidine rings is 1. The number of aromatic nitrogens is 1. The monoisotopic (exact) mass is 414 g/mol. The molecular formula is C22H24F2N4O2. The Morgan fingerprint density at radius 2 is 1.83 bits per heavy atom. The van der Waals surface area contributed by atoms with E-state index in [9.17, 15) is 13.6 Å². The van der Waals surface area contributed by atoms with Crippen LogP contribution >= 0.6 is 0 Å². The van der Waals surface area contributed by atoms with Crippen LogP contribution in [0.25, 0.3) is 0 Å². The molecule has 0 aliphatic carbocycles. The van der Waals surface area contributed by atoms with E-state index in [1.54, 1.807) is 18.3 Å². The number of pyridine rings is 1. The first-order chi connectivity index (χ1) is 14.5. The molecular weight excluding hydrogens is 390 g/mol. The van der Waals surface area contributed by atoms with Gasteiger partial charge in [-0.1, -0.05) is 0 Å². The second-order valence-corrected chi connectivity index (χ2v) is 8.37. The van der Waals surface area contributed by atoms with E-state index < -0.39 is 17.0 Å². The lowest BCUT2D eigenvalue weighted by Crippen LogP contribution is -2.46. The van der Waals surface area contributed by atoms with Crippen LogP contribution in [0.1, 0.15) is 30.9 Å². The van der Waals surface area contributed by atoms with E-state index in [-0.39, 0.29) is 11.9 Å². The van der Waals surface area contributed by atoms with Gasteiger partial charge in [-0.25, -0.2) is 18.8 Å². The fourth-order valence-electron chi connectivity index (χ4n) is 5.13. The van der Waals surface area contributed by atoms with E-state index >= 15 is 0 Å². The molecule has 3 fully saturated rings. The number of hydrazine groups is 1. The molecule has 158 valence electrons. The molecule has 1 aromatic carbocycles. The molecule has 3 aliphatic rings. The van der Waals surface area contributed by atoms with Gasteiger partial charge in [0.15, 0.2) is 0 Å². The number of amides is 1. The van der Waals surface area contributed by atoms with Gasteiger partial charge >= 0.3 is 0 Å². The predicted molar refractivity (Wildman–Crippen MR) is 107 cm³/mol. The summed E-state index contributed by atoms with van der Waals surface area (Å²) in [6.07, 6.45) is 3.90. The molecule has 2 aromatic rings. The Labute approximate surface area is 174 Å². The molecule has 30 heavy (non-hydrogen) atoms. The number of hydrogen-bond acceptors (Lipinski definition) is 5. The molecule has 1 atom stereocenters. The minimum atomic E-state index is -0.606. The van der Waals surface area contributed by atoms with Gasteiger partial charge < -0.3 is 9.64 Å². The number of benzene rings is 1. The van der Waals surface area contributed by atoms with Gasteiger partial charge in [-0.3, -0.25) is 9.80 Å². The van der Waals surface area contributed by atoms with Crippen LogP contribution in [0.5, 0.6) is 5.88 Å². The molecule has 8 heteroatoms. The highest BCUT2D eigenvalue weighted by atomic mass is 19.1. The van der Waals surface area contributed by atoms with E-state index in [1.165, 1.54) is 12.1 Å². The first-order valence-electron chi connectivity index (χ1n) is 10.3. The number of anilines is 1. The fourth-order valence-corrected chi connectivity index (χ4v) is 5.13. The smallest absolute Gasteiger partial charge is 0.245 e. The summed E-state index contributed by atoms with van der Waals surface area (Å²) in [4.78, 5) is 19.9. The Bertz CT molecular complexity index is 957. The van der Waals surface area contributed by atoms with Crippen LogP contribution in [0, 0.1) is 17.0 Å².